The highest BCUT2D eigenvalue weighted by Crippen LogP contribution is 2.47. The minimum atomic E-state index is -5.34. The first kappa shape index (κ1) is 49.7. The molecule has 0 aliphatic heterocycles. The van der Waals surface area contributed by atoms with Crippen LogP contribution in [0.15, 0.2) is 200 Å². The Morgan fingerprint density at radius 1 is 0.300 bits per heavy atom. The first-order chi connectivity index (χ1) is 38.7. The molecule has 0 saturated heterocycles. The monoisotopic (exact) mass is 1050 g/mol. The number of rotatable bonds is 7. The van der Waals surface area contributed by atoms with Crippen molar-refractivity contribution in [2.75, 3.05) is 0 Å². The van der Waals surface area contributed by atoms with Gasteiger partial charge in [-0.3, -0.25) is 0 Å². The lowest BCUT2D eigenvalue weighted by atomic mass is 9.93. The zero-order chi connectivity index (χ0) is 55.6. The van der Waals surface area contributed by atoms with Crippen molar-refractivity contribution in [2.24, 2.45) is 0 Å². The highest BCUT2D eigenvalue weighted by molar-refractivity contribution is 6.13. The molecule has 2 heterocycles. The number of hydrogen-bond acceptors (Lipinski definition) is 5. The molecule has 80 heavy (non-hydrogen) atoms. The van der Waals surface area contributed by atoms with Gasteiger partial charge in [0.2, 0.25) is 0 Å². The molecule has 0 radical (unpaired) electrons. The van der Waals surface area contributed by atoms with E-state index < -0.39 is 29.0 Å². The van der Waals surface area contributed by atoms with E-state index in [9.17, 15) is 39.5 Å². The summed E-state index contributed by atoms with van der Waals surface area (Å²) in [6.07, 6.45) is -10.5. The molecule has 7 nitrogen and oxygen atoms in total. The SMILES string of the molecule is N#Cc1cccc(-c2ccc3c4ccc(-c5cccc(C#N)c5)cc4n(-c4cc(-c5ccc(C(F)(F)F)cc5C(F)(F)F)c(-n5c6cc(-c7cccc(C#N)c7)ccc6c6ccc(-c7cccc(C#N)c7)cc65)cc4C#N)c3c2)c1. The third-order valence-electron chi connectivity index (χ3n) is 14.5. The molecule has 378 valence electrons. The van der Waals surface area contributed by atoms with Crippen molar-refractivity contribution >= 4 is 43.6 Å². The number of halogens is 6. The molecule has 0 spiro atoms. The maximum atomic E-state index is 15.8. The van der Waals surface area contributed by atoms with E-state index in [-0.39, 0.29) is 28.6 Å². The average molecular weight is 1050 g/mol. The standard InChI is InChI=1S/C67H33F6N7/c68-66(69,70)52-17-22-53(59(32-52)67(71,72)73)58-33-60(79-61-27-47(43-9-1-5-39(23-43)34-74)13-18-54(61)55-19-14-48(28-62(55)79)44-10-2-6-40(24-44)35-75)51(38-78)31-65(58)80-63-29-49(45-11-3-7-41(25-45)36-76)15-20-56(63)57-21-16-50(30-64(57)80)46-12-4-8-42(26-46)37-77/h1-33H. The van der Waals surface area contributed by atoms with Gasteiger partial charge < -0.3 is 9.13 Å². The van der Waals surface area contributed by atoms with Crippen LogP contribution >= 0.6 is 0 Å². The molecular formula is C67H33F6N7. The predicted octanol–water partition coefficient (Wildman–Crippen LogP) is 17.6. The number of alkyl halides is 6. The van der Waals surface area contributed by atoms with Gasteiger partial charge in [0, 0.05) is 27.1 Å². The zero-order valence-electron chi connectivity index (χ0n) is 41.5. The molecule has 0 fully saturated rings. The van der Waals surface area contributed by atoms with Crippen LogP contribution in [-0.2, 0) is 12.4 Å². The summed E-state index contributed by atoms with van der Waals surface area (Å²) in [6.45, 7) is 0. The minimum absolute atomic E-state index is 0.0187. The summed E-state index contributed by atoms with van der Waals surface area (Å²) in [6, 6.07) is 65.4. The van der Waals surface area contributed by atoms with Gasteiger partial charge in [0.15, 0.2) is 0 Å². The van der Waals surface area contributed by atoms with Crippen LogP contribution in [0.5, 0.6) is 0 Å². The van der Waals surface area contributed by atoms with E-state index in [1.165, 1.54) is 12.1 Å². The van der Waals surface area contributed by atoms with Crippen molar-refractivity contribution in [3.05, 3.63) is 239 Å². The van der Waals surface area contributed by atoms with Crippen molar-refractivity contribution in [2.45, 2.75) is 12.4 Å². The van der Waals surface area contributed by atoms with Gasteiger partial charge in [0.25, 0.3) is 0 Å². The largest absolute Gasteiger partial charge is 0.417 e. The Balaban J connectivity index is 1.24. The quantitative estimate of drug-likeness (QED) is 0.147. The highest BCUT2D eigenvalue weighted by atomic mass is 19.4. The van der Waals surface area contributed by atoms with Gasteiger partial charge in [-0.25, -0.2) is 0 Å². The van der Waals surface area contributed by atoms with Crippen molar-refractivity contribution in [1.82, 2.24) is 9.13 Å². The second-order valence-corrected chi connectivity index (χ2v) is 19.1. The summed E-state index contributed by atoms with van der Waals surface area (Å²) in [4.78, 5) is 0. The molecule has 13 heteroatoms. The van der Waals surface area contributed by atoms with Crippen molar-refractivity contribution in [3.63, 3.8) is 0 Å². The van der Waals surface area contributed by atoms with Gasteiger partial charge in [-0.05, 0) is 147 Å². The lowest BCUT2D eigenvalue weighted by Crippen LogP contribution is -2.13. The van der Waals surface area contributed by atoms with Crippen molar-refractivity contribution < 1.29 is 26.3 Å². The third-order valence-corrected chi connectivity index (χ3v) is 14.5. The Kier molecular flexibility index (Phi) is 11.9. The molecule has 0 unspecified atom stereocenters. The third kappa shape index (κ3) is 8.57. The summed E-state index contributed by atoms with van der Waals surface area (Å²) in [5.74, 6) is 0. The zero-order valence-corrected chi connectivity index (χ0v) is 41.5. The molecule has 12 rings (SSSR count). The number of nitriles is 5. The van der Waals surface area contributed by atoms with Crippen LogP contribution in [0.2, 0.25) is 0 Å². The van der Waals surface area contributed by atoms with Gasteiger partial charge in [-0.1, -0.05) is 103 Å². The van der Waals surface area contributed by atoms with E-state index in [4.69, 9.17) is 0 Å². The van der Waals surface area contributed by atoms with Gasteiger partial charge in [0.05, 0.1) is 96.7 Å². The summed E-state index contributed by atoms with van der Waals surface area (Å²) in [5.41, 5.74) is 4.89. The lowest BCUT2D eigenvalue weighted by molar-refractivity contribution is -0.142. The van der Waals surface area contributed by atoms with Gasteiger partial charge in [0.1, 0.15) is 6.07 Å². The van der Waals surface area contributed by atoms with Crippen LogP contribution < -0.4 is 0 Å². The van der Waals surface area contributed by atoms with E-state index in [0.717, 1.165) is 6.07 Å². The summed E-state index contributed by atoms with van der Waals surface area (Å²) >= 11 is 0. The highest BCUT2D eigenvalue weighted by Gasteiger charge is 2.39. The van der Waals surface area contributed by atoms with Crippen LogP contribution in [0.1, 0.15) is 38.9 Å². The maximum Gasteiger partial charge on any atom is 0.417 e. The minimum Gasteiger partial charge on any atom is -0.309 e. The number of hydrogen-bond donors (Lipinski definition) is 0. The molecule has 2 aromatic heterocycles. The second-order valence-electron chi connectivity index (χ2n) is 19.1. The normalized spacial score (nSPS) is 11.6. The van der Waals surface area contributed by atoms with Crippen LogP contribution in [-0.4, -0.2) is 9.13 Å². The summed E-state index contributed by atoms with van der Waals surface area (Å²) in [7, 11) is 0. The summed E-state index contributed by atoms with van der Waals surface area (Å²) < 4.78 is 94.6. The number of fused-ring (bicyclic) bond motifs is 6. The van der Waals surface area contributed by atoms with E-state index in [0.29, 0.717) is 116 Å². The van der Waals surface area contributed by atoms with E-state index in [1.54, 1.807) is 81.9 Å². The van der Waals surface area contributed by atoms with E-state index in [2.05, 4.69) is 30.3 Å². The van der Waals surface area contributed by atoms with Crippen LogP contribution in [0.25, 0.3) is 111 Å². The fourth-order valence-electron chi connectivity index (χ4n) is 10.8. The van der Waals surface area contributed by atoms with Crippen molar-refractivity contribution in [3.8, 4) is 97.4 Å². The smallest absolute Gasteiger partial charge is 0.309 e. The van der Waals surface area contributed by atoms with Gasteiger partial charge >= 0.3 is 12.4 Å². The maximum absolute atomic E-state index is 15.8. The molecule has 10 aromatic carbocycles. The Morgan fingerprint density at radius 2 is 0.650 bits per heavy atom. The molecule has 12 aromatic rings. The number of nitrogens with zero attached hydrogens (tertiary/aromatic N) is 7. The Hall–Kier alpha value is -11.2. The fraction of sp³-hybridized carbons (Fsp3) is 0.0299. The fourth-order valence-corrected chi connectivity index (χ4v) is 10.8. The molecule has 0 amide bonds. The van der Waals surface area contributed by atoms with Gasteiger partial charge in [-0.15, -0.1) is 0 Å². The topological polar surface area (TPSA) is 129 Å². The van der Waals surface area contributed by atoms with E-state index in [1.807, 2.05) is 97.1 Å². The van der Waals surface area contributed by atoms with Gasteiger partial charge in [-0.2, -0.15) is 52.7 Å². The molecule has 0 aliphatic rings. The lowest BCUT2D eigenvalue weighted by Gasteiger charge is -2.22. The Bertz CT molecular complexity index is 4600. The predicted molar refractivity (Wildman–Crippen MR) is 296 cm³/mol. The van der Waals surface area contributed by atoms with E-state index >= 15 is 13.2 Å². The number of aromatic nitrogens is 2. The van der Waals surface area contributed by atoms with Crippen molar-refractivity contribution in [1.29, 1.82) is 26.3 Å². The molecule has 0 N–H and O–H groups in total. The Morgan fingerprint density at radius 3 is 0.975 bits per heavy atom. The molecule has 0 atom stereocenters. The first-order valence-corrected chi connectivity index (χ1v) is 24.7. The summed E-state index contributed by atoms with van der Waals surface area (Å²) in [5, 5.41) is 53.6. The molecule has 0 bridgehead atoms. The molecular weight excluding hydrogens is 1020 g/mol. The van der Waals surface area contributed by atoms with Crippen LogP contribution in [0, 0.1) is 56.7 Å². The second kappa shape index (κ2) is 19.1. The molecule has 0 saturated carbocycles. The molecule has 0 aliphatic carbocycles. The first-order valence-electron chi connectivity index (χ1n) is 24.7. The van der Waals surface area contributed by atoms with Crippen LogP contribution in [0.3, 0.4) is 0 Å². The average Bonchev–Trinajstić information content (AvgIpc) is 3.47. The van der Waals surface area contributed by atoms with Crippen LogP contribution in [0.4, 0.5) is 26.3 Å². The Labute approximate surface area is 452 Å². The number of benzene rings is 10.